The van der Waals surface area contributed by atoms with E-state index in [4.69, 9.17) is 9.26 Å². The van der Waals surface area contributed by atoms with Gasteiger partial charge in [0.25, 0.3) is 5.91 Å². The lowest BCUT2D eigenvalue weighted by Gasteiger charge is -2.31. The molecule has 3 rings (SSSR count). The van der Waals surface area contributed by atoms with Gasteiger partial charge in [0, 0.05) is 30.6 Å². The number of nitrogens with one attached hydrogen (secondary N) is 1. The second-order valence-electron chi connectivity index (χ2n) is 8.50. The molecule has 2 amide bonds. The van der Waals surface area contributed by atoms with Crippen molar-refractivity contribution in [3.63, 3.8) is 0 Å². The van der Waals surface area contributed by atoms with Gasteiger partial charge < -0.3 is 18.9 Å². The minimum Gasteiger partial charge on any atom is -0.444 e. The molecule has 1 saturated heterocycles. The Morgan fingerprint density at radius 2 is 1.82 bits per heavy atom. The molecular weight excluding hydrogens is 450 g/mol. The van der Waals surface area contributed by atoms with E-state index in [1.807, 2.05) is 0 Å². The molecule has 1 aromatic carbocycles. The predicted molar refractivity (Wildman–Crippen MR) is 107 cm³/mol. The van der Waals surface area contributed by atoms with Crippen molar-refractivity contribution < 1.29 is 41.1 Å². The van der Waals surface area contributed by atoms with Crippen molar-refractivity contribution in [3.05, 3.63) is 41.3 Å². The van der Waals surface area contributed by atoms with Crippen LogP contribution < -0.4 is 10.1 Å². The number of aromatic nitrogens is 1. The summed E-state index contributed by atoms with van der Waals surface area (Å²) in [6.07, 6.45) is -4.65. The Morgan fingerprint density at radius 1 is 1.15 bits per heavy atom. The minimum absolute atomic E-state index is 0.0358. The van der Waals surface area contributed by atoms with E-state index in [1.165, 1.54) is 4.90 Å². The zero-order valence-corrected chi connectivity index (χ0v) is 18.2. The lowest BCUT2D eigenvalue weighted by Crippen LogP contribution is -2.38. The molecule has 0 aliphatic carbocycles. The van der Waals surface area contributed by atoms with Crippen LogP contribution in [0.4, 0.5) is 28.2 Å². The minimum atomic E-state index is -5.03. The molecule has 0 unspecified atom stereocenters. The number of halogens is 4. The summed E-state index contributed by atoms with van der Waals surface area (Å²) in [5.74, 6) is -2.68. The maximum Gasteiger partial charge on any atom is 0.573 e. The second-order valence-corrected chi connectivity index (χ2v) is 8.50. The summed E-state index contributed by atoms with van der Waals surface area (Å²) in [4.78, 5) is 25.9. The first-order valence-electron chi connectivity index (χ1n) is 10.1. The van der Waals surface area contributed by atoms with Gasteiger partial charge in [-0.05, 0) is 51.8 Å². The normalized spacial score (nSPS) is 15.3. The van der Waals surface area contributed by atoms with Crippen molar-refractivity contribution in [3.8, 4) is 5.75 Å². The molecule has 2 heterocycles. The van der Waals surface area contributed by atoms with Crippen molar-refractivity contribution in [2.45, 2.75) is 51.5 Å². The van der Waals surface area contributed by atoms with E-state index in [9.17, 15) is 27.2 Å². The highest BCUT2D eigenvalue weighted by atomic mass is 19.4. The molecule has 1 fully saturated rings. The number of hydrogen-bond acceptors (Lipinski definition) is 6. The average Bonchev–Trinajstić information content (AvgIpc) is 3.15. The second kappa shape index (κ2) is 9.28. The van der Waals surface area contributed by atoms with Gasteiger partial charge in [-0.15, -0.1) is 13.2 Å². The molecule has 0 radical (unpaired) electrons. The number of anilines is 1. The molecule has 1 aromatic heterocycles. The Bertz CT molecular complexity index is 1010. The number of ether oxygens (including phenoxy) is 2. The van der Waals surface area contributed by atoms with Gasteiger partial charge in [0.1, 0.15) is 5.60 Å². The van der Waals surface area contributed by atoms with Gasteiger partial charge in [0.2, 0.25) is 5.88 Å². The van der Waals surface area contributed by atoms with Crippen LogP contribution in [0.2, 0.25) is 0 Å². The molecule has 0 bridgehead atoms. The van der Waals surface area contributed by atoms with Gasteiger partial charge in [0.15, 0.2) is 11.6 Å². The van der Waals surface area contributed by atoms with Crippen LogP contribution >= 0.6 is 0 Å². The van der Waals surface area contributed by atoms with Crippen LogP contribution in [0, 0.1) is 5.82 Å². The van der Waals surface area contributed by atoms with Crippen molar-refractivity contribution in [1.29, 1.82) is 0 Å². The van der Waals surface area contributed by atoms with Crippen LogP contribution in [0.3, 0.4) is 0 Å². The quantitative estimate of drug-likeness (QED) is 0.623. The molecule has 33 heavy (non-hydrogen) atoms. The van der Waals surface area contributed by atoms with Crippen molar-refractivity contribution >= 4 is 17.9 Å². The van der Waals surface area contributed by atoms with Crippen LogP contribution in [0.1, 0.15) is 55.6 Å². The van der Waals surface area contributed by atoms with E-state index in [2.05, 4.69) is 15.2 Å². The van der Waals surface area contributed by atoms with Gasteiger partial charge in [-0.25, -0.2) is 9.18 Å². The van der Waals surface area contributed by atoms with E-state index < -0.39 is 35.5 Å². The predicted octanol–water partition coefficient (Wildman–Crippen LogP) is 5.08. The Kier molecular flexibility index (Phi) is 6.84. The third-order valence-electron chi connectivity index (χ3n) is 4.76. The molecule has 12 heteroatoms. The fourth-order valence-corrected chi connectivity index (χ4v) is 3.35. The summed E-state index contributed by atoms with van der Waals surface area (Å²) in [6.45, 7) is 5.84. The number of piperidine rings is 1. The Labute approximate surface area is 186 Å². The SMILES string of the molecule is CC(C)(C)OC(=O)Nc1cc(C2CCN(C(=O)c3ccc(OC(F)(F)F)c(F)c3)CC2)no1. The number of rotatable bonds is 4. The number of alkyl halides is 3. The zero-order valence-electron chi connectivity index (χ0n) is 18.2. The van der Waals surface area contributed by atoms with Gasteiger partial charge in [0.05, 0.1) is 5.69 Å². The standard InChI is InChI=1S/C21H23F4N3O5/c1-20(2,3)32-19(30)26-17-11-15(27-33-17)12-6-8-28(9-7-12)18(29)13-4-5-16(14(22)10-13)31-21(23,24)25/h4-5,10-12H,6-9H2,1-3H3,(H,26,30). The van der Waals surface area contributed by atoms with Crippen LogP contribution in [0.25, 0.3) is 0 Å². The Balaban J connectivity index is 1.56. The van der Waals surface area contributed by atoms with Crippen LogP contribution in [-0.2, 0) is 4.74 Å². The summed E-state index contributed by atoms with van der Waals surface area (Å²) in [5, 5.41) is 6.42. The highest BCUT2D eigenvalue weighted by Gasteiger charge is 2.33. The monoisotopic (exact) mass is 473 g/mol. The lowest BCUT2D eigenvalue weighted by molar-refractivity contribution is -0.275. The molecular formula is C21H23F4N3O5. The van der Waals surface area contributed by atoms with E-state index in [0.717, 1.165) is 18.2 Å². The Hall–Kier alpha value is -3.31. The number of amides is 2. The molecule has 0 saturated carbocycles. The van der Waals surface area contributed by atoms with Gasteiger partial charge >= 0.3 is 12.5 Å². The summed E-state index contributed by atoms with van der Waals surface area (Å²) in [6, 6.07) is 4.17. The molecule has 1 N–H and O–H groups in total. The zero-order chi connectivity index (χ0) is 24.4. The highest BCUT2D eigenvalue weighted by Crippen LogP contribution is 2.31. The first-order valence-corrected chi connectivity index (χ1v) is 10.1. The molecule has 1 aliphatic heterocycles. The van der Waals surface area contributed by atoms with Crippen LogP contribution in [-0.4, -0.2) is 47.1 Å². The van der Waals surface area contributed by atoms with E-state index >= 15 is 0 Å². The van der Waals surface area contributed by atoms with Gasteiger partial charge in [-0.1, -0.05) is 5.16 Å². The highest BCUT2D eigenvalue weighted by molar-refractivity contribution is 5.94. The first-order chi connectivity index (χ1) is 15.3. The fourth-order valence-electron chi connectivity index (χ4n) is 3.35. The molecule has 2 aromatic rings. The van der Waals surface area contributed by atoms with Crippen molar-refractivity contribution in [2.24, 2.45) is 0 Å². The number of hydrogen-bond donors (Lipinski definition) is 1. The number of benzene rings is 1. The number of likely N-dealkylation sites (tertiary alicyclic amines) is 1. The molecule has 1 aliphatic rings. The average molecular weight is 473 g/mol. The summed E-state index contributed by atoms with van der Waals surface area (Å²) < 4.78 is 64.6. The summed E-state index contributed by atoms with van der Waals surface area (Å²) in [7, 11) is 0. The summed E-state index contributed by atoms with van der Waals surface area (Å²) in [5.41, 5.74) is -0.139. The molecule has 0 atom stereocenters. The Morgan fingerprint density at radius 3 is 2.39 bits per heavy atom. The molecule has 0 spiro atoms. The molecule has 8 nitrogen and oxygen atoms in total. The molecule has 180 valence electrons. The smallest absolute Gasteiger partial charge is 0.444 e. The van der Waals surface area contributed by atoms with Crippen LogP contribution in [0.15, 0.2) is 28.8 Å². The van der Waals surface area contributed by atoms with Gasteiger partial charge in [-0.3, -0.25) is 10.1 Å². The lowest BCUT2D eigenvalue weighted by atomic mass is 9.93. The van der Waals surface area contributed by atoms with Crippen molar-refractivity contribution in [2.75, 3.05) is 18.4 Å². The largest absolute Gasteiger partial charge is 0.573 e. The fraction of sp³-hybridized carbons (Fsp3) is 0.476. The maximum atomic E-state index is 13.9. The number of carbonyl (C=O) groups excluding carboxylic acids is 2. The topological polar surface area (TPSA) is 93.9 Å². The third kappa shape index (κ3) is 6.83. The van der Waals surface area contributed by atoms with Gasteiger partial charge in [-0.2, -0.15) is 0 Å². The van der Waals surface area contributed by atoms with E-state index in [-0.39, 0.29) is 17.4 Å². The third-order valence-corrected chi connectivity index (χ3v) is 4.76. The van der Waals surface area contributed by atoms with E-state index in [0.29, 0.717) is 31.6 Å². The van der Waals surface area contributed by atoms with Crippen molar-refractivity contribution in [1.82, 2.24) is 10.1 Å². The maximum absolute atomic E-state index is 13.9. The number of nitrogens with zero attached hydrogens (tertiary/aromatic N) is 2. The first kappa shape index (κ1) is 24.3. The van der Waals surface area contributed by atoms with E-state index in [1.54, 1.807) is 26.8 Å². The van der Waals surface area contributed by atoms with Crippen LogP contribution in [0.5, 0.6) is 5.75 Å². The summed E-state index contributed by atoms with van der Waals surface area (Å²) >= 11 is 0. The number of carbonyl (C=O) groups is 2.